The highest BCUT2D eigenvalue weighted by Crippen LogP contribution is 2.24. The summed E-state index contributed by atoms with van der Waals surface area (Å²) in [6, 6.07) is 3.66. The van der Waals surface area contributed by atoms with Crippen LogP contribution in [0.2, 0.25) is 0 Å². The van der Waals surface area contributed by atoms with Crippen LogP contribution in [0.3, 0.4) is 0 Å². The largest absolute Gasteiger partial charge is 0.314 e. The molecule has 3 heteroatoms. The summed E-state index contributed by atoms with van der Waals surface area (Å²) in [5.74, 6) is 0.751. The normalized spacial score (nSPS) is 29.6. The maximum Gasteiger partial charge on any atom is 0.0120 e. The van der Waals surface area contributed by atoms with Crippen LogP contribution in [0.1, 0.15) is 32.8 Å². The van der Waals surface area contributed by atoms with Crippen molar-refractivity contribution in [2.75, 3.05) is 19.6 Å². The summed E-state index contributed by atoms with van der Waals surface area (Å²) in [6.45, 7) is 10.5. The number of nitrogens with zero attached hydrogens (tertiary/aromatic N) is 1. The molecule has 1 fully saturated rings. The molecule has 0 aliphatic carbocycles. The molecule has 1 aromatic heterocycles. The zero-order chi connectivity index (χ0) is 13.0. The number of hydrogen-bond acceptors (Lipinski definition) is 3. The summed E-state index contributed by atoms with van der Waals surface area (Å²) >= 11 is 1.81. The van der Waals surface area contributed by atoms with E-state index in [2.05, 4.69) is 47.8 Å². The molecular weight excluding hydrogens is 240 g/mol. The van der Waals surface area contributed by atoms with Crippen LogP contribution in [0, 0.1) is 5.92 Å². The monoisotopic (exact) mass is 266 g/mol. The lowest BCUT2D eigenvalue weighted by atomic mass is 9.87. The standard InChI is InChI=1S/C15H26N2S/c1-4-16-15-6-9-17(13(3)12(15)2)8-5-14-7-10-18-11-14/h7,10-13,15-16H,4-6,8-9H2,1-3H3. The van der Waals surface area contributed by atoms with Crippen molar-refractivity contribution in [3.63, 3.8) is 0 Å². The molecular formula is C15H26N2S. The lowest BCUT2D eigenvalue weighted by Gasteiger charge is -2.43. The van der Waals surface area contributed by atoms with Gasteiger partial charge in [0.15, 0.2) is 0 Å². The van der Waals surface area contributed by atoms with E-state index in [1.165, 1.54) is 31.5 Å². The molecule has 18 heavy (non-hydrogen) atoms. The van der Waals surface area contributed by atoms with Crippen molar-refractivity contribution in [2.45, 2.75) is 45.7 Å². The van der Waals surface area contributed by atoms with E-state index < -0.39 is 0 Å². The molecule has 1 N–H and O–H groups in total. The van der Waals surface area contributed by atoms with Crippen LogP contribution in [0.5, 0.6) is 0 Å². The zero-order valence-corrected chi connectivity index (χ0v) is 12.7. The number of rotatable bonds is 5. The molecule has 1 aliphatic heterocycles. The topological polar surface area (TPSA) is 15.3 Å². The van der Waals surface area contributed by atoms with Gasteiger partial charge in [-0.1, -0.05) is 13.8 Å². The molecule has 3 unspecified atom stereocenters. The number of nitrogens with one attached hydrogen (secondary N) is 1. The molecule has 1 aliphatic rings. The Bertz CT molecular complexity index is 336. The zero-order valence-electron chi connectivity index (χ0n) is 11.9. The van der Waals surface area contributed by atoms with Gasteiger partial charge in [-0.3, -0.25) is 4.90 Å². The fraction of sp³-hybridized carbons (Fsp3) is 0.733. The van der Waals surface area contributed by atoms with Crippen molar-refractivity contribution in [3.05, 3.63) is 22.4 Å². The van der Waals surface area contributed by atoms with Crippen LogP contribution < -0.4 is 5.32 Å². The van der Waals surface area contributed by atoms with Gasteiger partial charge in [-0.15, -0.1) is 0 Å². The highest BCUT2D eigenvalue weighted by molar-refractivity contribution is 7.07. The van der Waals surface area contributed by atoms with Gasteiger partial charge in [0.05, 0.1) is 0 Å². The highest BCUT2D eigenvalue weighted by Gasteiger charge is 2.31. The van der Waals surface area contributed by atoms with Gasteiger partial charge < -0.3 is 5.32 Å². The summed E-state index contributed by atoms with van der Waals surface area (Å²) in [5.41, 5.74) is 1.49. The van der Waals surface area contributed by atoms with Gasteiger partial charge in [0.2, 0.25) is 0 Å². The Kier molecular flexibility index (Phi) is 5.22. The van der Waals surface area contributed by atoms with Gasteiger partial charge >= 0.3 is 0 Å². The third-order valence-corrected chi connectivity index (χ3v) is 5.17. The average molecular weight is 266 g/mol. The van der Waals surface area contributed by atoms with Crippen LogP contribution in [-0.2, 0) is 6.42 Å². The molecule has 0 bridgehead atoms. The van der Waals surface area contributed by atoms with E-state index in [9.17, 15) is 0 Å². The molecule has 2 nitrogen and oxygen atoms in total. The smallest absolute Gasteiger partial charge is 0.0120 e. The van der Waals surface area contributed by atoms with Crippen molar-refractivity contribution in [1.82, 2.24) is 10.2 Å². The first kappa shape index (κ1) is 14.0. The Hall–Kier alpha value is -0.380. The third kappa shape index (κ3) is 3.34. The first-order valence-electron chi connectivity index (χ1n) is 7.21. The Labute approximate surface area is 115 Å². The molecule has 1 aromatic rings. The Morgan fingerprint density at radius 1 is 1.44 bits per heavy atom. The van der Waals surface area contributed by atoms with Crippen molar-refractivity contribution in [2.24, 2.45) is 5.92 Å². The molecule has 1 saturated heterocycles. The van der Waals surface area contributed by atoms with Crippen molar-refractivity contribution in [1.29, 1.82) is 0 Å². The molecule has 2 heterocycles. The van der Waals surface area contributed by atoms with E-state index in [1.54, 1.807) is 11.3 Å². The SMILES string of the molecule is CCNC1CCN(CCc2ccsc2)C(C)C1C. The second-order valence-electron chi connectivity index (χ2n) is 5.47. The number of hydrogen-bond donors (Lipinski definition) is 1. The van der Waals surface area contributed by atoms with Gasteiger partial charge in [-0.2, -0.15) is 11.3 Å². The summed E-state index contributed by atoms with van der Waals surface area (Å²) in [4.78, 5) is 2.66. The summed E-state index contributed by atoms with van der Waals surface area (Å²) < 4.78 is 0. The molecule has 0 saturated carbocycles. The number of thiophene rings is 1. The van der Waals surface area contributed by atoms with Crippen LogP contribution in [-0.4, -0.2) is 36.6 Å². The predicted molar refractivity (Wildman–Crippen MR) is 80.3 cm³/mol. The fourth-order valence-electron chi connectivity index (χ4n) is 3.01. The minimum absolute atomic E-state index is 0.696. The lowest BCUT2D eigenvalue weighted by molar-refractivity contribution is 0.0867. The molecule has 3 atom stereocenters. The van der Waals surface area contributed by atoms with E-state index in [0.717, 1.165) is 12.5 Å². The van der Waals surface area contributed by atoms with E-state index in [4.69, 9.17) is 0 Å². The van der Waals surface area contributed by atoms with Crippen LogP contribution >= 0.6 is 11.3 Å². The summed E-state index contributed by atoms with van der Waals surface area (Å²) in [7, 11) is 0. The van der Waals surface area contributed by atoms with Crippen LogP contribution in [0.25, 0.3) is 0 Å². The molecule has 102 valence electrons. The Morgan fingerprint density at radius 3 is 2.94 bits per heavy atom. The number of piperidine rings is 1. The van der Waals surface area contributed by atoms with E-state index in [0.29, 0.717) is 12.1 Å². The average Bonchev–Trinajstić information content (AvgIpc) is 2.87. The molecule has 0 radical (unpaired) electrons. The van der Waals surface area contributed by atoms with Crippen LogP contribution in [0.4, 0.5) is 0 Å². The number of likely N-dealkylation sites (tertiary alicyclic amines) is 1. The second-order valence-corrected chi connectivity index (χ2v) is 6.25. The first-order chi connectivity index (χ1) is 8.72. The predicted octanol–water partition coefficient (Wildman–Crippen LogP) is 3.00. The first-order valence-corrected chi connectivity index (χ1v) is 8.15. The van der Waals surface area contributed by atoms with Crippen molar-refractivity contribution in [3.8, 4) is 0 Å². The molecule has 0 aromatic carbocycles. The summed E-state index contributed by atoms with van der Waals surface area (Å²) in [6.07, 6.45) is 2.50. The van der Waals surface area contributed by atoms with Crippen molar-refractivity contribution < 1.29 is 0 Å². The lowest BCUT2D eigenvalue weighted by Crippen LogP contribution is -2.53. The van der Waals surface area contributed by atoms with Gasteiger partial charge in [-0.05, 0) is 61.2 Å². The van der Waals surface area contributed by atoms with E-state index >= 15 is 0 Å². The molecule has 0 amide bonds. The van der Waals surface area contributed by atoms with Gasteiger partial charge in [0.1, 0.15) is 0 Å². The maximum atomic E-state index is 3.63. The van der Waals surface area contributed by atoms with Crippen LogP contribution in [0.15, 0.2) is 16.8 Å². The van der Waals surface area contributed by atoms with E-state index in [-0.39, 0.29) is 0 Å². The maximum absolute atomic E-state index is 3.63. The quantitative estimate of drug-likeness (QED) is 0.881. The fourth-order valence-corrected chi connectivity index (χ4v) is 3.72. The van der Waals surface area contributed by atoms with E-state index in [1.807, 2.05) is 0 Å². The second kappa shape index (κ2) is 6.69. The van der Waals surface area contributed by atoms with Gasteiger partial charge in [-0.25, -0.2) is 0 Å². The molecule has 0 spiro atoms. The minimum Gasteiger partial charge on any atom is -0.314 e. The Morgan fingerprint density at radius 2 is 2.28 bits per heavy atom. The Balaban J connectivity index is 1.84. The van der Waals surface area contributed by atoms with Crippen molar-refractivity contribution >= 4 is 11.3 Å². The highest BCUT2D eigenvalue weighted by atomic mass is 32.1. The molecule has 2 rings (SSSR count). The van der Waals surface area contributed by atoms with Gasteiger partial charge in [0.25, 0.3) is 0 Å². The van der Waals surface area contributed by atoms with Gasteiger partial charge in [0, 0.05) is 18.6 Å². The minimum atomic E-state index is 0.696. The third-order valence-electron chi connectivity index (χ3n) is 4.43. The summed E-state index contributed by atoms with van der Waals surface area (Å²) in [5, 5.41) is 8.09.